The van der Waals surface area contributed by atoms with Gasteiger partial charge in [0.2, 0.25) is 11.8 Å². The van der Waals surface area contributed by atoms with E-state index in [1.54, 1.807) is 22.7 Å². The molecule has 24 heavy (non-hydrogen) atoms. The molecular formula is C17H17N3O2S2. The van der Waals surface area contributed by atoms with E-state index >= 15 is 0 Å². The molecule has 0 aromatic carbocycles. The summed E-state index contributed by atoms with van der Waals surface area (Å²) in [6.07, 6.45) is 2.04. The first-order chi connectivity index (χ1) is 11.8. The quantitative estimate of drug-likeness (QED) is 0.677. The fourth-order valence-corrected chi connectivity index (χ4v) is 4.32. The van der Waals surface area contributed by atoms with E-state index in [1.165, 1.54) is 9.75 Å². The first kappa shape index (κ1) is 15.5. The van der Waals surface area contributed by atoms with Crippen LogP contribution in [-0.4, -0.2) is 34.0 Å². The summed E-state index contributed by atoms with van der Waals surface area (Å²) in [6.45, 7) is 1.44. The van der Waals surface area contributed by atoms with Crippen molar-refractivity contribution in [2.45, 2.75) is 25.2 Å². The number of amides is 1. The van der Waals surface area contributed by atoms with Crippen LogP contribution < -0.4 is 0 Å². The molecule has 4 heterocycles. The van der Waals surface area contributed by atoms with Crippen LogP contribution in [0.25, 0.3) is 0 Å². The molecule has 0 bridgehead atoms. The Labute approximate surface area is 147 Å². The normalized spacial score (nSPS) is 17.8. The molecule has 124 valence electrons. The smallest absolute Gasteiger partial charge is 0.231 e. The monoisotopic (exact) mass is 359 g/mol. The molecule has 0 radical (unpaired) electrons. The molecule has 1 aliphatic rings. The van der Waals surface area contributed by atoms with Gasteiger partial charge in [-0.3, -0.25) is 4.79 Å². The number of carbonyl (C=O) groups excluding carboxylic acids is 1. The van der Waals surface area contributed by atoms with Crippen LogP contribution in [0.1, 0.15) is 33.8 Å². The number of rotatable bonds is 6. The van der Waals surface area contributed by atoms with Crippen molar-refractivity contribution in [3.63, 3.8) is 0 Å². The van der Waals surface area contributed by atoms with E-state index in [2.05, 4.69) is 27.7 Å². The molecule has 1 aliphatic heterocycles. The second-order valence-electron chi connectivity index (χ2n) is 5.87. The molecule has 4 rings (SSSR count). The zero-order valence-electron chi connectivity index (χ0n) is 13.1. The van der Waals surface area contributed by atoms with Gasteiger partial charge in [0.05, 0.1) is 6.42 Å². The third-order valence-corrected chi connectivity index (χ3v) is 5.99. The lowest BCUT2D eigenvalue weighted by molar-refractivity contribution is -0.127. The summed E-state index contributed by atoms with van der Waals surface area (Å²) in [6, 6.07) is 8.22. The Bertz CT molecular complexity index is 796. The molecule has 0 aliphatic carbocycles. The van der Waals surface area contributed by atoms with Crippen molar-refractivity contribution in [3.05, 3.63) is 56.5 Å². The highest BCUT2D eigenvalue weighted by atomic mass is 32.1. The molecule has 0 N–H and O–H groups in total. The summed E-state index contributed by atoms with van der Waals surface area (Å²) in [5.74, 6) is 1.51. The van der Waals surface area contributed by atoms with Crippen molar-refractivity contribution in [2.75, 3.05) is 13.1 Å². The Balaban J connectivity index is 1.37. The van der Waals surface area contributed by atoms with Crippen LogP contribution in [0.15, 0.2) is 39.5 Å². The lowest BCUT2D eigenvalue weighted by atomic mass is 10.1. The highest BCUT2D eigenvalue weighted by molar-refractivity contribution is 7.10. The number of carbonyl (C=O) groups is 1. The molecule has 3 aromatic heterocycles. The fourth-order valence-electron chi connectivity index (χ4n) is 2.93. The highest BCUT2D eigenvalue weighted by Crippen LogP contribution is 2.27. The van der Waals surface area contributed by atoms with E-state index in [-0.39, 0.29) is 11.8 Å². The van der Waals surface area contributed by atoms with E-state index in [9.17, 15) is 4.79 Å². The summed E-state index contributed by atoms with van der Waals surface area (Å²) in [5.41, 5.74) is 0. The largest absolute Gasteiger partial charge is 0.342 e. The first-order valence-electron chi connectivity index (χ1n) is 7.93. The second-order valence-corrected chi connectivity index (χ2v) is 7.94. The van der Waals surface area contributed by atoms with Gasteiger partial charge in [-0.2, -0.15) is 4.98 Å². The van der Waals surface area contributed by atoms with Crippen molar-refractivity contribution in [3.8, 4) is 0 Å². The molecule has 0 spiro atoms. The second kappa shape index (κ2) is 6.86. The van der Waals surface area contributed by atoms with E-state index in [0.29, 0.717) is 31.1 Å². The van der Waals surface area contributed by atoms with Gasteiger partial charge in [0.25, 0.3) is 0 Å². The molecule has 1 saturated heterocycles. The van der Waals surface area contributed by atoms with Crippen LogP contribution in [0.4, 0.5) is 0 Å². The molecule has 1 amide bonds. The van der Waals surface area contributed by atoms with E-state index in [4.69, 9.17) is 4.52 Å². The standard InChI is InChI=1S/C17H17N3O2S2/c21-16-9-12(11-20(16)6-5-13-3-1-7-23-13)17-18-15(22-19-17)10-14-4-2-8-24-14/h1-4,7-8,12H,5-6,9-11H2. The Kier molecular flexibility index (Phi) is 4.44. The average Bonchev–Trinajstić information content (AvgIpc) is 3.34. The third kappa shape index (κ3) is 3.42. The van der Waals surface area contributed by atoms with E-state index < -0.39 is 0 Å². The molecule has 0 saturated carbocycles. The topological polar surface area (TPSA) is 59.2 Å². The number of hydrogen-bond acceptors (Lipinski definition) is 6. The zero-order chi connectivity index (χ0) is 16.4. The third-order valence-electron chi connectivity index (χ3n) is 4.18. The maximum atomic E-state index is 12.2. The number of nitrogens with zero attached hydrogens (tertiary/aromatic N) is 3. The number of likely N-dealkylation sites (tertiary alicyclic amines) is 1. The highest BCUT2D eigenvalue weighted by Gasteiger charge is 2.33. The summed E-state index contributed by atoms with van der Waals surface area (Å²) in [4.78, 5) is 21.1. The van der Waals surface area contributed by atoms with Gasteiger partial charge in [-0.1, -0.05) is 17.3 Å². The van der Waals surface area contributed by atoms with Gasteiger partial charge in [0, 0.05) is 35.2 Å². The van der Waals surface area contributed by atoms with Crippen LogP contribution in [0.5, 0.6) is 0 Å². The van der Waals surface area contributed by atoms with Crippen LogP contribution in [0, 0.1) is 0 Å². The summed E-state index contributed by atoms with van der Waals surface area (Å²) >= 11 is 3.41. The van der Waals surface area contributed by atoms with Gasteiger partial charge >= 0.3 is 0 Å². The van der Waals surface area contributed by atoms with Crippen molar-refractivity contribution in [1.82, 2.24) is 15.0 Å². The molecule has 1 atom stereocenters. The van der Waals surface area contributed by atoms with Gasteiger partial charge in [-0.05, 0) is 29.3 Å². The Morgan fingerprint density at radius 1 is 1.21 bits per heavy atom. The fraction of sp³-hybridized carbons (Fsp3) is 0.353. The lowest BCUT2D eigenvalue weighted by Crippen LogP contribution is -2.27. The van der Waals surface area contributed by atoms with Crippen LogP contribution in [0.3, 0.4) is 0 Å². The van der Waals surface area contributed by atoms with Crippen LogP contribution in [0.2, 0.25) is 0 Å². The van der Waals surface area contributed by atoms with Gasteiger partial charge in [-0.25, -0.2) is 0 Å². The van der Waals surface area contributed by atoms with Gasteiger partial charge in [0.1, 0.15) is 0 Å². The summed E-state index contributed by atoms with van der Waals surface area (Å²) in [7, 11) is 0. The minimum absolute atomic E-state index is 0.0432. The molecule has 5 nitrogen and oxygen atoms in total. The first-order valence-corrected chi connectivity index (χ1v) is 9.69. The van der Waals surface area contributed by atoms with Gasteiger partial charge in [-0.15, -0.1) is 22.7 Å². The molecule has 3 aromatic rings. The molecule has 1 fully saturated rings. The summed E-state index contributed by atoms with van der Waals surface area (Å²) in [5, 5.41) is 8.20. The maximum absolute atomic E-state index is 12.2. The van der Waals surface area contributed by atoms with Crippen LogP contribution in [-0.2, 0) is 17.6 Å². The predicted molar refractivity (Wildman–Crippen MR) is 93.4 cm³/mol. The number of aromatic nitrogens is 2. The van der Waals surface area contributed by atoms with Gasteiger partial charge < -0.3 is 9.42 Å². The van der Waals surface area contributed by atoms with Crippen molar-refractivity contribution in [2.24, 2.45) is 0 Å². The minimum atomic E-state index is 0.0432. The minimum Gasteiger partial charge on any atom is -0.342 e. The Morgan fingerprint density at radius 3 is 2.75 bits per heavy atom. The van der Waals surface area contributed by atoms with Crippen molar-refractivity contribution in [1.29, 1.82) is 0 Å². The Morgan fingerprint density at radius 2 is 2.00 bits per heavy atom. The maximum Gasteiger partial charge on any atom is 0.231 e. The number of thiophene rings is 2. The number of hydrogen-bond donors (Lipinski definition) is 0. The Hall–Kier alpha value is -1.99. The van der Waals surface area contributed by atoms with E-state index in [1.807, 2.05) is 22.4 Å². The van der Waals surface area contributed by atoms with Crippen molar-refractivity contribution < 1.29 is 9.32 Å². The zero-order valence-corrected chi connectivity index (χ0v) is 14.7. The molecule has 1 unspecified atom stereocenters. The predicted octanol–water partition coefficient (Wildman–Crippen LogP) is 3.34. The van der Waals surface area contributed by atoms with Crippen LogP contribution >= 0.6 is 22.7 Å². The summed E-state index contributed by atoms with van der Waals surface area (Å²) < 4.78 is 5.36. The van der Waals surface area contributed by atoms with E-state index in [0.717, 1.165) is 13.0 Å². The molecule has 7 heteroatoms. The van der Waals surface area contributed by atoms with Gasteiger partial charge in [0.15, 0.2) is 5.82 Å². The molecular weight excluding hydrogens is 342 g/mol. The average molecular weight is 359 g/mol. The van der Waals surface area contributed by atoms with Crippen molar-refractivity contribution >= 4 is 28.6 Å². The SMILES string of the molecule is O=C1CC(c2noc(Cc3cccs3)n2)CN1CCc1cccs1. The lowest BCUT2D eigenvalue weighted by Gasteiger charge is -2.15.